The van der Waals surface area contributed by atoms with Gasteiger partial charge in [0.1, 0.15) is 11.5 Å². The number of hydrogen-bond donors (Lipinski definition) is 1. The van der Waals surface area contributed by atoms with Crippen molar-refractivity contribution >= 4 is 10.0 Å². The Bertz CT molecular complexity index is 808. The molecule has 0 bridgehead atoms. The minimum atomic E-state index is -3.54. The molecule has 0 radical (unpaired) electrons. The lowest BCUT2D eigenvalue weighted by atomic mass is 10.1. The van der Waals surface area contributed by atoms with E-state index in [0.29, 0.717) is 34.7 Å². The largest absolute Gasteiger partial charge is 0.497 e. The highest BCUT2D eigenvalue weighted by atomic mass is 32.2. The Balaban J connectivity index is 2.00. The van der Waals surface area contributed by atoms with Crippen molar-refractivity contribution in [2.75, 3.05) is 20.8 Å². The van der Waals surface area contributed by atoms with Crippen LogP contribution in [-0.2, 0) is 16.4 Å². The number of nitrogens with one attached hydrogen (secondary N) is 1. The summed E-state index contributed by atoms with van der Waals surface area (Å²) < 4.78 is 38.3. The van der Waals surface area contributed by atoms with Gasteiger partial charge in [-0.3, -0.25) is 0 Å². The second kappa shape index (κ2) is 8.36. The van der Waals surface area contributed by atoms with Gasteiger partial charge in [0.05, 0.1) is 19.1 Å². The third kappa shape index (κ3) is 4.96. The molecule has 25 heavy (non-hydrogen) atoms. The molecule has 5 nitrogen and oxygen atoms in total. The molecule has 1 N–H and O–H groups in total. The van der Waals surface area contributed by atoms with Crippen LogP contribution in [0.3, 0.4) is 0 Å². The summed E-state index contributed by atoms with van der Waals surface area (Å²) in [6.07, 6.45) is 1.49. The predicted molar refractivity (Wildman–Crippen MR) is 99.0 cm³/mol. The van der Waals surface area contributed by atoms with Crippen LogP contribution in [0.5, 0.6) is 11.5 Å². The molecule has 0 aromatic heterocycles. The molecule has 0 saturated heterocycles. The van der Waals surface area contributed by atoms with Gasteiger partial charge in [0.15, 0.2) is 0 Å². The topological polar surface area (TPSA) is 64.6 Å². The number of sulfonamides is 1. The van der Waals surface area contributed by atoms with Crippen LogP contribution in [0, 0.1) is 13.8 Å². The molecule has 0 heterocycles. The molecule has 2 aromatic carbocycles. The van der Waals surface area contributed by atoms with E-state index in [2.05, 4.69) is 4.72 Å². The molecule has 0 spiro atoms. The number of aryl methyl sites for hydroxylation is 3. The fraction of sp³-hybridized carbons (Fsp3) is 0.368. The van der Waals surface area contributed by atoms with Crippen LogP contribution in [0.4, 0.5) is 0 Å². The van der Waals surface area contributed by atoms with E-state index < -0.39 is 10.0 Å². The fourth-order valence-electron chi connectivity index (χ4n) is 2.85. The summed E-state index contributed by atoms with van der Waals surface area (Å²) in [6, 6.07) is 11.3. The molecule has 0 saturated carbocycles. The number of hydrogen-bond acceptors (Lipinski definition) is 4. The van der Waals surface area contributed by atoms with Gasteiger partial charge in [-0.2, -0.15) is 0 Å². The SMILES string of the molecule is COc1cccc(CCCNS(=O)(=O)c2c(C)cc(OC)cc2C)c1. The fourth-order valence-corrected chi connectivity index (χ4v) is 4.37. The summed E-state index contributed by atoms with van der Waals surface area (Å²) in [6.45, 7) is 3.94. The van der Waals surface area contributed by atoms with E-state index in [1.54, 1.807) is 40.2 Å². The first kappa shape index (κ1) is 19.3. The molecule has 0 unspecified atom stereocenters. The van der Waals surface area contributed by atoms with Crippen LogP contribution in [-0.4, -0.2) is 29.2 Å². The van der Waals surface area contributed by atoms with E-state index in [1.807, 2.05) is 24.3 Å². The van der Waals surface area contributed by atoms with Crippen LogP contribution < -0.4 is 14.2 Å². The molecule has 0 aliphatic carbocycles. The molecule has 136 valence electrons. The van der Waals surface area contributed by atoms with Crippen LogP contribution in [0.1, 0.15) is 23.1 Å². The average Bonchev–Trinajstić information content (AvgIpc) is 2.58. The highest BCUT2D eigenvalue weighted by molar-refractivity contribution is 7.89. The van der Waals surface area contributed by atoms with Gasteiger partial charge in [0, 0.05) is 6.54 Å². The first-order valence-corrected chi connectivity index (χ1v) is 9.63. The maximum absolute atomic E-state index is 12.6. The molecular weight excluding hydrogens is 338 g/mol. The summed E-state index contributed by atoms with van der Waals surface area (Å²) in [7, 11) is -0.344. The van der Waals surface area contributed by atoms with Gasteiger partial charge in [-0.1, -0.05) is 12.1 Å². The minimum absolute atomic E-state index is 0.328. The zero-order valence-corrected chi connectivity index (χ0v) is 15.9. The van der Waals surface area contributed by atoms with Crippen molar-refractivity contribution in [3.63, 3.8) is 0 Å². The normalized spacial score (nSPS) is 11.4. The summed E-state index contributed by atoms with van der Waals surface area (Å²) in [5.74, 6) is 1.47. The Labute approximate surface area is 150 Å². The Morgan fingerprint density at radius 1 is 0.960 bits per heavy atom. The maximum atomic E-state index is 12.6. The van der Waals surface area contributed by atoms with Gasteiger partial charge in [0.25, 0.3) is 0 Å². The Hall–Kier alpha value is -2.05. The van der Waals surface area contributed by atoms with E-state index in [0.717, 1.165) is 17.7 Å². The molecule has 0 amide bonds. The molecule has 0 aliphatic rings. The Kier molecular flexibility index (Phi) is 6.45. The van der Waals surface area contributed by atoms with E-state index in [9.17, 15) is 8.42 Å². The number of methoxy groups -OCH3 is 2. The minimum Gasteiger partial charge on any atom is -0.497 e. The Morgan fingerprint density at radius 2 is 1.60 bits per heavy atom. The van der Waals surface area contributed by atoms with Crippen molar-refractivity contribution in [1.82, 2.24) is 4.72 Å². The van der Waals surface area contributed by atoms with Gasteiger partial charge < -0.3 is 9.47 Å². The van der Waals surface area contributed by atoms with E-state index in [-0.39, 0.29) is 0 Å². The standard InChI is InChI=1S/C19H25NO4S/c1-14-11-18(24-4)12-15(2)19(14)25(21,22)20-10-6-8-16-7-5-9-17(13-16)23-3/h5,7,9,11-13,20H,6,8,10H2,1-4H3. The molecular formula is C19H25NO4S. The van der Waals surface area contributed by atoms with Gasteiger partial charge in [0.2, 0.25) is 10.0 Å². The summed E-state index contributed by atoms with van der Waals surface area (Å²) in [5.41, 5.74) is 2.48. The van der Waals surface area contributed by atoms with Crippen LogP contribution in [0.25, 0.3) is 0 Å². The summed E-state index contributed by atoms with van der Waals surface area (Å²) in [4.78, 5) is 0.328. The highest BCUT2D eigenvalue weighted by Crippen LogP contribution is 2.25. The molecule has 2 aromatic rings. The summed E-state index contributed by atoms with van der Waals surface area (Å²) >= 11 is 0. The van der Waals surface area contributed by atoms with Crippen molar-refractivity contribution < 1.29 is 17.9 Å². The maximum Gasteiger partial charge on any atom is 0.241 e. The second-order valence-corrected chi connectivity index (χ2v) is 7.65. The van der Waals surface area contributed by atoms with Crippen LogP contribution in [0.2, 0.25) is 0 Å². The van der Waals surface area contributed by atoms with Crippen molar-refractivity contribution in [3.8, 4) is 11.5 Å². The van der Waals surface area contributed by atoms with E-state index in [4.69, 9.17) is 9.47 Å². The van der Waals surface area contributed by atoms with E-state index in [1.165, 1.54) is 0 Å². The lowest BCUT2D eigenvalue weighted by molar-refractivity contribution is 0.413. The molecule has 6 heteroatoms. The molecule has 0 aliphatic heterocycles. The van der Waals surface area contributed by atoms with Crippen molar-refractivity contribution in [2.45, 2.75) is 31.6 Å². The van der Waals surface area contributed by atoms with E-state index >= 15 is 0 Å². The Morgan fingerprint density at radius 3 is 2.20 bits per heavy atom. The first-order chi connectivity index (χ1) is 11.9. The monoisotopic (exact) mass is 363 g/mol. The average molecular weight is 363 g/mol. The zero-order chi connectivity index (χ0) is 18.4. The number of rotatable bonds is 8. The second-order valence-electron chi connectivity index (χ2n) is 5.94. The van der Waals surface area contributed by atoms with Crippen molar-refractivity contribution in [1.29, 1.82) is 0 Å². The predicted octanol–water partition coefficient (Wildman–Crippen LogP) is 3.23. The molecule has 0 atom stereocenters. The third-order valence-electron chi connectivity index (χ3n) is 4.01. The van der Waals surface area contributed by atoms with Gasteiger partial charge >= 0.3 is 0 Å². The smallest absolute Gasteiger partial charge is 0.241 e. The number of benzene rings is 2. The first-order valence-electron chi connectivity index (χ1n) is 8.15. The third-order valence-corrected chi connectivity index (χ3v) is 5.77. The quantitative estimate of drug-likeness (QED) is 0.732. The van der Waals surface area contributed by atoms with Gasteiger partial charge in [-0.05, 0) is 67.6 Å². The lowest BCUT2D eigenvalue weighted by Gasteiger charge is -2.13. The van der Waals surface area contributed by atoms with Crippen molar-refractivity contribution in [2.24, 2.45) is 0 Å². The zero-order valence-electron chi connectivity index (χ0n) is 15.1. The lowest BCUT2D eigenvalue weighted by Crippen LogP contribution is -2.26. The molecule has 0 fully saturated rings. The van der Waals surface area contributed by atoms with Crippen molar-refractivity contribution in [3.05, 3.63) is 53.1 Å². The van der Waals surface area contributed by atoms with Gasteiger partial charge in [-0.15, -0.1) is 0 Å². The highest BCUT2D eigenvalue weighted by Gasteiger charge is 2.19. The summed E-state index contributed by atoms with van der Waals surface area (Å²) in [5, 5.41) is 0. The number of ether oxygens (including phenoxy) is 2. The van der Waals surface area contributed by atoms with Crippen LogP contribution >= 0.6 is 0 Å². The van der Waals surface area contributed by atoms with Crippen LogP contribution in [0.15, 0.2) is 41.3 Å². The van der Waals surface area contributed by atoms with Gasteiger partial charge in [-0.25, -0.2) is 13.1 Å². The molecule has 2 rings (SSSR count).